The maximum Gasteiger partial charge on any atom is 0.345 e. The maximum atomic E-state index is 12.6. The van der Waals surface area contributed by atoms with Gasteiger partial charge < -0.3 is 23.8 Å². The van der Waals surface area contributed by atoms with Crippen LogP contribution in [-0.2, 0) is 4.74 Å². The van der Waals surface area contributed by atoms with Crippen LogP contribution >= 0.6 is 35.4 Å². The Morgan fingerprint density at radius 2 is 1.69 bits per heavy atom. The molecular formula is C20H19Cl2NO5S. The fourth-order valence-electron chi connectivity index (χ4n) is 2.86. The molecule has 1 fully saturated rings. The van der Waals surface area contributed by atoms with Gasteiger partial charge in [-0.2, -0.15) is 0 Å². The number of thiocarbonyl (C=S) groups is 1. The first-order chi connectivity index (χ1) is 13.9. The summed E-state index contributed by atoms with van der Waals surface area (Å²) in [6.45, 7) is 2.64. The average molecular weight is 456 g/mol. The summed E-state index contributed by atoms with van der Waals surface area (Å²) in [5, 5.41) is 0.605. The minimum Gasteiger partial charge on any atom is -0.493 e. The molecule has 1 aliphatic rings. The molecule has 1 aliphatic heterocycles. The van der Waals surface area contributed by atoms with Crippen molar-refractivity contribution in [3.63, 3.8) is 0 Å². The van der Waals surface area contributed by atoms with Crippen LogP contribution in [-0.4, -0.2) is 56.4 Å². The van der Waals surface area contributed by atoms with Gasteiger partial charge in [0, 0.05) is 23.7 Å². The van der Waals surface area contributed by atoms with E-state index in [4.69, 9.17) is 54.4 Å². The van der Waals surface area contributed by atoms with Crippen LogP contribution in [0.2, 0.25) is 10.0 Å². The van der Waals surface area contributed by atoms with E-state index < -0.39 is 5.97 Å². The number of morpholine rings is 1. The van der Waals surface area contributed by atoms with Crippen molar-refractivity contribution in [3.8, 4) is 17.2 Å². The fourth-order valence-corrected chi connectivity index (χ4v) is 3.64. The van der Waals surface area contributed by atoms with E-state index >= 15 is 0 Å². The van der Waals surface area contributed by atoms with E-state index in [1.165, 1.54) is 26.4 Å². The Balaban J connectivity index is 1.92. The van der Waals surface area contributed by atoms with Gasteiger partial charge in [-0.1, -0.05) is 35.4 Å². The van der Waals surface area contributed by atoms with Crippen molar-refractivity contribution in [1.29, 1.82) is 0 Å². The van der Waals surface area contributed by atoms with Gasteiger partial charge >= 0.3 is 5.97 Å². The van der Waals surface area contributed by atoms with Crippen molar-refractivity contribution in [2.75, 3.05) is 40.5 Å². The number of halogens is 2. The Morgan fingerprint density at radius 1 is 1.07 bits per heavy atom. The zero-order valence-corrected chi connectivity index (χ0v) is 18.2. The Bertz CT molecular complexity index is 906. The third kappa shape index (κ3) is 4.93. The maximum absolute atomic E-state index is 12.6. The first kappa shape index (κ1) is 21.6. The van der Waals surface area contributed by atoms with Crippen LogP contribution in [0, 0.1) is 0 Å². The lowest BCUT2D eigenvalue weighted by molar-refractivity contribution is 0.0692. The van der Waals surface area contributed by atoms with Gasteiger partial charge in [0.05, 0.1) is 38.0 Å². The number of benzene rings is 2. The highest BCUT2D eigenvalue weighted by Gasteiger charge is 2.23. The average Bonchev–Trinajstić information content (AvgIpc) is 2.73. The second-order valence-electron chi connectivity index (χ2n) is 6.13. The molecular weight excluding hydrogens is 437 g/mol. The van der Waals surface area contributed by atoms with E-state index in [1.807, 2.05) is 4.90 Å². The summed E-state index contributed by atoms with van der Waals surface area (Å²) in [4.78, 5) is 15.3. The Hall–Kier alpha value is -2.06. The zero-order valence-electron chi connectivity index (χ0n) is 15.9. The molecule has 0 N–H and O–H groups in total. The van der Waals surface area contributed by atoms with E-state index in [2.05, 4.69) is 0 Å². The Labute approximate surface area is 184 Å². The van der Waals surface area contributed by atoms with Gasteiger partial charge in [0.25, 0.3) is 0 Å². The Kier molecular flexibility index (Phi) is 7.18. The van der Waals surface area contributed by atoms with Crippen molar-refractivity contribution in [2.45, 2.75) is 0 Å². The highest BCUT2D eigenvalue weighted by atomic mass is 35.5. The van der Waals surface area contributed by atoms with Crippen LogP contribution < -0.4 is 14.2 Å². The fraction of sp³-hybridized carbons (Fsp3) is 0.300. The molecule has 2 aromatic carbocycles. The molecule has 3 rings (SSSR count). The predicted molar refractivity (Wildman–Crippen MR) is 115 cm³/mol. The number of carbonyl (C=O) groups excluding carboxylic acids is 1. The minimum atomic E-state index is -0.660. The van der Waals surface area contributed by atoms with Gasteiger partial charge in [-0.05, 0) is 30.3 Å². The topological polar surface area (TPSA) is 57.2 Å². The Morgan fingerprint density at radius 3 is 2.24 bits per heavy atom. The molecule has 1 heterocycles. The molecule has 29 heavy (non-hydrogen) atoms. The second kappa shape index (κ2) is 9.63. The van der Waals surface area contributed by atoms with Crippen molar-refractivity contribution in [3.05, 3.63) is 51.5 Å². The van der Waals surface area contributed by atoms with Crippen molar-refractivity contribution >= 4 is 46.4 Å². The lowest BCUT2D eigenvalue weighted by Gasteiger charge is -2.29. The molecule has 6 nitrogen and oxygen atoms in total. The van der Waals surface area contributed by atoms with Crippen molar-refractivity contribution in [1.82, 2.24) is 4.90 Å². The monoisotopic (exact) mass is 455 g/mol. The molecule has 0 spiro atoms. The molecule has 9 heteroatoms. The van der Waals surface area contributed by atoms with Gasteiger partial charge in [0.1, 0.15) is 4.99 Å². The largest absolute Gasteiger partial charge is 0.493 e. The van der Waals surface area contributed by atoms with Gasteiger partial charge in [-0.15, -0.1) is 0 Å². The molecule has 0 bridgehead atoms. The van der Waals surface area contributed by atoms with E-state index in [0.717, 1.165) is 5.56 Å². The smallest absolute Gasteiger partial charge is 0.345 e. The molecule has 154 valence electrons. The summed E-state index contributed by atoms with van der Waals surface area (Å²) in [5.74, 6) is 0.105. The van der Waals surface area contributed by atoms with E-state index in [9.17, 15) is 4.79 Å². The quantitative estimate of drug-likeness (QED) is 0.379. The summed E-state index contributed by atoms with van der Waals surface area (Å²) in [6, 6.07) is 7.95. The van der Waals surface area contributed by atoms with Crippen LogP contribution in [0.25, 0.3) is 0 Å². The zero-order chi connectivity index (χ0) is 21.0. The summed E-state index contributed by atoms with van der Waals surface area (Å²) in [6.07, 6.45) is 0. The molecule has 0 saturated carbocycles. The molecule has 0 aromatic heterocycles. The number of methoxy groups -OCH3 is 2. The summed E-state index contributed by atoms with van der Waals surface area (Å²) >= 11 is 17.6. The number of hydrogen-bond acceptors (Lipinski definition) is 6. The third-order valence-electron chi connectivity index (χ3n) is 4.35. The van der Waals surface area contributed by atoms with Crippen molar-refractivity contribution in [2.24, 2.45) is 0 Å². The number of nitrogens with zero attached hydrogens (tertiary/aromatic N) is 1. The van der Waals surface area contributed by atoms with Gasteiger partial charge in [-0.3, -0.25) is 0 Å². The van der Waals surface area contributed by atoms with E-state index in [-0.39, 0.29) is 16.3 Å². The standard InChI is InChI=1S/C20H19Cl2NO5S/c1-25-16-9-12(19(29)23-5-7-27-8-6-23)10-17(26-2)18(16)28-20(24)14-4-3-13(21)11-15(14)22/h3-4,9-11H,5-8H2,1-2H3. The number of esters is 1. The molecule has 1 saturated heterocycles. The SMILES string of the molecule is COc1cc(C(=S)N2CCOCC2)cc(OC)c1OC(=O)c1ccc(Cl)cc1Cl. The minimum absolute atomic E-state index is 0.138. The van der Waals surface area contributed by atoms with Crippen LogP contribution in [0.1, 0.15) is 15.9 Å². The highest BCUT2D eigenvalue weighted by Crippen LogP contribution is 2.40. The second-order valence-corrected chi connectivity index (χ2v) is 7.36. The van der Waals surface area contributed by atoms with E-state index in [1.54, 1.807) is 18.2 Å². The molecule has 0 amide bonds. The number of rotatable bonds is 5. The summed E-state index contributed by atoms with van der Waals surface area (Å²) in [7, 11) is 2.95. The van der Waals surface area contributed by atoms with Crippen LogP contribution in [0.3, 0.4) is 0 Å². The third-order valence-corrected chi connectivity index (χ3v) is 5.39. The van der Waals surface area contributed by atoms with E-state index in [0.29, 0.717) is 47.8 Å². The van der Waals surface area contributed by atoms with Crippen molar-refractivity contribution < 1.29 is 23.7 Å². The summed E-state index contributed by atoms with van der Waals surface area (Å²) in [5.41, 5.74) is 0.896. The van der Waals surface area contributed by atoms with Crippen LogP contribution in [0.15, 0.2) is 30.3 Å². The van der Waals surface area contributed by atoms with Gasteiger partial charge in [0.15, 0.2) is 11.5 Å². The molecule has 0 aliphatic carbocycles. The summed E-state index contributed by atoms with van der Waals surface area (Å²) < 4.78 is 21.8. The molecule has 0 atom stereocenters. The molecule has 0 radical (unpaired) electrons. The molecule has 2 aromatic rings. The number of hydrogen-bond donors (Lipinski definition) is 0. The van der Waals surface area contributed by atoms with Crippen LogP contribution in [0.5, 0.6) is 17.2 Å². The molecule has 0 unspecified atom stereocenters. The van der Waals surface area contributed by atoms with Gasteiger partial charge in [-0.25, -0.2) is 4.79 Å². The predicted octanol–water partition coefficient (Wildman–Crippen LogP) is 4.24. The highest BCUT2D eigenvalue weighted by molar-refractivity contribution is 7.80. The first-order valence-corrected chi connectivity index (χ1v) is 9.91. The van der Waals surface area contributed by atoms with Crippen LogP contribution in [0.4, 0.5) is 0 Å². The number of carbonyl (C=O) groups is 1. The normalized spacial score (nSPS) is 13.7. The lowest BCUT2D eigenvalue weighted by Crippen LogP contribution is -2.40. The first-order valence-electron chi connectivity index (χ1n) is 8.75. The lowest BCUT2D eigenvalue weighted by atomic mass is 10.1. The number of ether oxygens (including phenoxy) is 4. The van der Waals surface area contributed by atoms with Gasteiger partial charge in [0.2, 0.25) is 5.75 Å².